The molecule has 3 heterocycles. The molecule has 0 N–H and O–H groups in total. The summed E-state index contributed by atoms with van der Waals surface area (Å²) in [6.45, 7) is 7.30. The second-order valence-electron chi connectivity index (χ2n) is 7.49. The largest absolute Gasteiger partial charge is 0.454 e. The standard InChI is InChI=1S/C22H24N4O3/c1-16(21-23-24-22(29-21)18-5-3-2-4-6-18)26-11-9-25(10-12-26)14-17-7-8-19-20(13-17)28-15-27-19/h2-8,13,16H,9-12,14-15H2,1H3/t16-/m1/s1. The lowest BCUT2D eigenvalue weighted by atomic mass is 10.1. The minimum absolute atomic E-state index is 0.104. The van der Waals surface area contributed by atoms with Crippen LogP contribution in [0.4, 0.5) is 0 Å². The number of ether oxygens (including phenoxy) is 2. The molecule has 0 saturated carbocycles. The average molecular weight is 392 g/mol. The van der Waals surface area contributed by atoms with Gasteiger partial charge in [-0.25, -0.2) is 0 Å². The first-order valence-corrected chi connectivity index (χ1v) is 10.00. The number of hydrogen-bond acceptors (Lipinski definition) is 7. The molecule has 0 amide bonds. The summed E-state index contributed by atoms with van der Waals surface area (Å²) in [5.74, 6) is 2.93. The smallest absolute Gasteiger partial charge is 0.247 e. The minimum Gasteiger partial charge on any atom is -0.454 e. The third-order valence-corrected chi connectivity index (χ3v) is 5.62. The lowest BCUT2D eigenvalue weighted by molar-refractivity contribution is 0.0875. The maximum absolute atomic E-state index is 5.95. The van der Waals surface area contributed by atoms with Crippen molar-refractivity contribution in [3.8, 4) is 23.0 Å². The molecule has 2 aromatic carbocycles. The molecule has 3 aromatic rings. The molecule has 1 fully saturated rings. The molecular weight excluding hydrogens is 368 g/mol. The summed E-state index contributed by atoms with van der Waals surface area (Å²) in [4.78, 5) is 4.86. The van der Waals surface area contributed by atoms with Crippen LogP contribution >= 0.6 is 0 Å². The number of nitrogens with zero attached hydrogens (tertiary/aromatic N) is 4. The molecule has 5 rings (SSSR count). The van der Waals surface area contributed by atoms with Crippen molar-refractivity contribution in [1.29, 1.82) is 0 Å². The summed E-state index contributed by atoms with van der Waals surface area (Å²) >= 11 is 0. The fourth-order valence-corrected chi connectivity index (χ4v) is 3.86. The Hall–Kier alpha value is -2.90. The van der Waals surface area contributed by atoms with Gasteiger partial charge in [0.25, 0.3) is 0 Å². The lowest BCUT2D eigenvalue weighted by Gasteiger charge is -2.36. The van der Waals surface area contributed by atoms with E-state index in [-0.39, 0.29) is 6.04 Å². The number of fused-ring (bicyclic) bond motifs is 1. The van der Waals surface area contributed by atoms with Gasteiger partial charge < -0.3 is 13.9 Å². The zero-order chi connectivity index (χ0) is 19.6. The Morgan fingerprint density at radius 1 is 0.931 bits per heavy atom. The van der Waals surface area contributed by atoms with E-state index in [0.29, 0.717) is 18.6 Å². The van der Waals surface area contributed by atoms with Crippen molar-refractivity contribution in [3.05, 3.63) is 60.0 Å². The van der Waals surface area contributed by atoms with Gasteiger partial charge in [-0.05, 0) is 36.8 Å². The van der Waals surface area contributed by atoms with Crippen molar-refractivity contribution in [3.63, 3.8) is 0 Å². The van der Waals surface area contributed by atoms with Crippen molar-refractivity contribution < 1.29 is 13.9 Å². The van der Waals surface area contributed by atoms with Gasteiger partial charge >= 0.3 is 0 Å². The molecule has 0 unspecified atom stereocenters. The second kappa shape index (κ2) is 7.85. The molecule has 1 saturated heterocycles. The van der Waals surface area contributed by atoms with Crippen molar-refractivity contribution in [1.82, 2.24) is 20.0 Å². The molecular formula is C22H24N4O3. The van der Waals surface area contributed by atoms with Crippen LogP contribution in [0, 0.1) is 0 Å². The number of benzene rings is 2. The fourth-order valence-electron chi connectivity index (χ4n) is 3.86. The quantitative estimate of drug-likeness (QED) is 0.660. The van der Waals surface area contributed by atoms with E-state index in [0.717, 1.165) is 49.8 Å². The predicted octanol–water partition coefficient (Wildman–Crippen LogP) is 3.34. The van der Waals surface area contributed by atoms with E-state index in [1.807, 2.05) is 36.4 Å². The highest BCUT2D eigenvalue weighted by Crippen LogP contribution is 2.33. The number of aromatic nitrogens is 2. The van der Waals surface area contributed by atoms with E-state index in [1.165, 1.54) is 5.56 Å². The van der Waals surface area contributed by atoms with E-state index in [4.69, 9.17) is 13.9 Å². The highest BCUT2D eigenvalue weighted by molar-refractivity contribution is 5.51. The molecule has 2 aliphatic rings. The summed E-state index contributed by atoms with van der Waals surface area (Å²) < 4.78 is 16.8. The van der Waals surface area contributed by atoms with E-state index < -0.39 is 0 Å². The maximum atomic E-state index is 5.95. The molecule has 0 spiro atoms. The average Bonchev–Trinajstić information content (AvgIpc) is 3.44. The third-order valence-electron chi connectivity index (χ3n) is 5.62. The van der Waals surface area contributed by atoms with Gasteiger partial charge in [-0.2, -0.15) is 0 Å². The number of hydrogen-bond donors (Lipinski definition) is 0. The van der Waals surface area contributed by atoms with Gasteiger partial charge in [0.1, 0.15) is 0 Å². The molecule has 29 heavy (non-hydrogen) atoms. The van der Waals surface area contributed by atoms with Crippen LogP contribution in [0.1, 0.15) is 24.4 Å². The fraction of sp³-hybridized carbons (Fsp3) is 0.364. The second-order valence-corrected chi connectivity index (χ2v) is 7.49. The lowest BCUT2D eigenvalue weighted by Crippen LogP contribution is -2.46. The normalized spacial score (nSPS) is 18.1. The Kier molecular flexibility index (Phi) is 4.91. The van der Waals surface area contributed by atoms with Crippen LogP contribution in [0.3, 0.4) is 0 Å². The van der Waals surface area contributed by atoms with Crippen molar-refractivity contribution in [2.45, 2.75) is 19.5 Å². The third kappa shape index (κ3) is 3.83. The Bertz CT molecular complexity index is 967. The first-order chi connectivity index (χ1) is 14.3. The first kappa shape index (κ1) is 18.1. The Morgan fingerprint density at radius 3 is 2.55 bits per heavy atom. The predicted molar refractivity (Wildman–Crippen MR) is 108 cm³/mol. The van der Waals surface area contributed by atoms with E-state index in [2.05, 4.69) is 39.1 Å². The molecule has 0 bridgehead atoms. The highest BCUT2D eigenvalue weighted by atomic mass is 16.7. The van der Waals surface area contributed by atoms with Gasteiger partial charge in [0.15, 0.2) is 11.5 Å². The van der Waals surface area contributed by atoms with Gasteiger partial charge in [0.05, 0.1) is 6.04 Å². The highest BCUT2D eigenvalue weighted by Gasteiger charge is 2.26. The van der Waals surface area contributed by atoms with Gasteiger partial charge in [-0.15, -0.1) is 10.2 Å². The SMILES string of the molecule is C[C@H](c1nnc(-c2ccccc2)o1)N1CCN(Cc2ccc3c(c2)OCO3)CC1. The van der Waals surface area contributed by atoms with Crippen LogP contribution in [-0.2, 0) is 6.54 Å². The van der Waals surface area contributed by atoms with Crippen LogP contribution in [0.15, 0.2) is 52.9 Å². The Labute approximate surface area is 169 Å². The molecule has 7 nitrogen and oxygen atoms in total. The van der Waals surface area contributed by atoms with Crippen LogP contribution in [-0.4, -0.2) is 53.0 Å². The van der Waals surface area contributed by atoms with Gasteiger partial charge in [0, 0.05) is 38.3 Å². The molecule has 150 valence electrons. The Morgan fingerprint density at radius 2 is 1.72 bits per heavy atom. The van der Waals surface area contributed by atoms with Gasteiger partial charge in [0.2, 0.25) is 18.6 Å². The number of rotatable bonds is 5. The zero-order valence-corrected chi connectivity index (χ0v) is 16.5. The maximum Gasteiger partial charge on any atom is 0.247 e. The topological polar surface area (TPSA) is 63.9 Å². The van der Waals surface area contributed by atoms with Crippen LogP contribution in [0.5, 0.6) is 11.5 Å². The van der Waals surface area contributed by atoms with E-state index in [9.17, 15) is 0 Å². The minimum atomic E-state index is 0.104. The van der Waals surface area contributed by atoms with E-state index in [1.54, 1.807) is 0 Å². The van der Waals surface area contributed by atoms with Crippen molar-refractivity contribution in [2.24, 2.45) is 0 Å². The van der Waals surface area contributed by atoms with Crippen molar-refractivity contribution >= 4 is 0 Å². The summed E-state index contributed by atoms with van der Waals surface area (Å²) in [7, 11) is 0. The van der Waals surface area contributed by atoms with Gasteiger partial charge in [-0.3, -0.25) is 9.80 Å². The summed E-state index contributed by atoms with van der Waals surface area (Å²) in [6, 6.07) is 16.2. The molecule has 1 atom stereocenters. The molecule has 0 radical (unpaired) electrons. The number of piperazine rings is 1. The Balaban J connectivity index is 1.18. The van der Waals surface area contributed by atoms with Crippen LogP contribution in [0.2, 0.25) is 0 Å². The van der Waals surface area contributed by atoms with Gasteiger partial charge in [-0.1, -0.05) is 24.3 Å². The van der Waals surface area contributed by atoms with Crippen LogP contribution in [0.25, 0.3) is 11.5 Å². The first-order valence-electron chi connectivity index (χ1n) is 10.00. The summed E-state index contributed by atoms with van der Waals surface area (Å²) in [5, 5.41) is 8.52. The molecule has 0 aliphatic carbocycles. The van der Waals surface area contributed by atoms with Crippen molar-refractivity contribution in [2.75, 3.05) is 33.0 Å². The molecule has 2 aliphatic heterocycles. The zero-order valence-electron chi connectivity index (χ0n) is 16.5. The molecule has 7 heteroatoms. The summed E-state index contributed by atoms with van der Waals surface area (Å²) in [5.41, 5.74) is 2.20. The molecule has 1 aromatic heterocycles. The van der Waals surface area contributed by atoms with Crippen LogP contribution < -0.4 is 9.47 Å². The van der Waals surface area contributed by atoms with E-state index >= 15 is 0 Å². The monoisotopic (exact) mass is 392 g/mol. The summed E-state index contributed by atoms with van der Waals surface area (Å²) in [6.07, 6.45) is 0.